The lowest BCUT2D eigenvalue weighted by atomic mass is 10.1. The van der Waals surface area contributed by atoms with Crippen LogP contribution in [-0.4, -0.2) is 15.0 Å². The van der Waals surface area contributed by atoms with E-state index in [9.17, 15) is 0 Å². The largest absolute Gasteiger partial charge is 0.333 e. The number of rotatable bonds is 3. The summed E-state index contributed by atoms with van der Waals surface area (Å²) in [7, 11) is 0. The summed E-state index contributed by atoms with van der Waals surface area (Å²) in [5, 5.41) is 1.78. The van der Waals surface area contributed by atoms with Crippen LogP contribution in [0.1, 0.15) is 16.8 Å². The van der Waals surface area contributed by atoms with Gasteiger partial charge in [-0.3, -0.25) is 0 Å². The molecular formula is C15H16N4S. The molecule has 0 bridgehead atoms. The number of nitrogens with one attached hydrogen (secondary N) is 1. The zero-order chi connectivity index (χ0) is 14.1. The number of aryl methyl sites for hydroxylation is 2. The molecule has 2 heterocycles. The molecule has 20 heavy (non-hydrogen) atoms. The van der Waals surface area contributed by atoms with Gasteiger partial charge >= 0.3 is 0 Å². The van der Waals surface area contributed by atoms with Gasteiger partial charge in [0.25, 0.3) is 0 Å². The average molecular weight is 284 g/mol. The third kappa shape index (κ3) is 2.42. The Kier molecular flexibility index (Phi) is 3.46. The van der Waals surface area contributed by atoms with Gasteiger partial charge in [0.1, 0.15) is 5.03 Å². The highest BCUT2D eigenvalue weighted by Gasteiger charge is 2.11. The number of H-pyrrole nitrogens is 1. The molecule has 3 rings (SSSR count). The van der Waals surface area contributed by atoms with E-state index in [4.69, 9.17) is 5.73 Å². The number of nitrogens with zero attached hydrogens (tertiary/aromatic N) is 2. The molecule has 102 valence electrons. The summed E-state index contributed by atoms with van der Waals surface area (Å²) in [5.41, 5.74) is 11.1. The predicted molar refractivity (Wildman–Crippen MR) is 81.8 cm³/mol. The number of aromatic amines is 1. The van der Waals surface area contributed by atoms with E-state index < -0.39 is 0 Å². The number of nitrogens with two attached hydrogens (primary N) is 1. The van der Waals surface area contributed by atoms with Crippen LogP contribution in [0.5, 0.6) is 0 Å². The van der Waals surface area contributed by atoms with Crippen molar-refractivity contribution >= 4 is 22.8 Å². The highest BCUT2D eigenvalue weighted by atomic mass is 32.2. The van der Waals surface area contributed by atoms with Crippen LogP contribution in [0.4, 0.5) is 0 Å². The molecule has 0 aliphatic carbocycles. The van der Waals surface area contributed by atoms with Crippen LogP contribution in [0.25, 0.3) is 11.0 Å². The molecule has 0 spiro atoms. The van der Waals surface area contributed by atoms with Gasteiger partial charge in [0.05, 0.1) is 11.0 Å². The number of pyridine rings is 1. The monoisotopic (exact) mass is 284 g/mol. The molecule has 5 heteroatoms. The SMILES string of the molecule is Cc1cc(C)c(CN)c(Sc2nc3ccccc3[nH]2)n1. The first-order chi connectivity index (χ1) is 9.67. The van der Waals surface area contributed by atoms with Crippen molar-refractivity contribution in [2.75, 3.05) is 0 Å². The maximum absolute atomic E-state index is 5.85. The van der Waals surface area contributed by atoms with Crippen molar-refractivity contribution in [2.24, 2.45) is 5.73 Å². The van der Waals surface area contributed by atoms with Crippen molar-refractivity contribution in [2.45, 2.75) is 30.6 Å². The van der Waals surface area contributed by atoms with Crippen LogP contribution in [0, 0.1) is 13.8 Å². The molecule has 0 fully saturated rings. The van der Waals surface area contributed by atoms with Crippen molar-refractivity contribution in [1.82, 2.24) is 15.0 Å². The Labute approximate surface area is 121 Å². The Bertz CT molecular complexity index is 731. The van der Waals surface area contributed by atoms with E-state index in [1.165, 1.54) is 17.3 Å². The quantitative estimate of drug-likeness (QED) is 0.775. The summed E-state index contributed by atoms with van der Waals surface area (Å²) < 4.78 is 0. The number of benzene rings is 1. The minimum Gasteiger partial charge on any atom is -0.333 e. The molecule has 0 atom stereocenters. The molecule has 0 saturated heterocycles. The third-order valence-corrected chi connectivity index (χ3v) is 4.12. The van der Waals surface area contributed by atoms with Gasteiger partial charge in [-0.1, -0.05) is 12.1 Å². The molecule has 3 N–H and O–H groups in total. The fourth-order valence-electron chi connectivity index (χ4n) is 2.23. The van der Waals surface area contributed by atoms with E-state index >= 15 is 0 Å². The lowest BCUT2D eigenvalue weighted by Gasteiger charge is -2.09. The number of aromatic nitrogens is 3. The lowest BCUT2D eigenvalue weighted by Crippen LogP contribution is -2.04. The molecule has 1 aromatic carbocycles. The first-order valence-corrected chi connectivity index (χ1v) is 7.29. The van der Waals surface area contributed by atoms with Gasteiger partial charge in [0.2, 0.25) is 0 Å². The summed E-state index contributed by atoms with van der Waals surface area (Å²) in [4.78, 5) is 12.5. The van der Waals surface area contributed by atoms with Gasteiger partial charge < -0.3 is 10.7 Å². The van der Waals surface area contributed by atoms with Crippen LogP contribution in [0.2, 0.25) is 0 Å². The number of para-hydroxylation sites is 2. The third-order valence-electron chi connectivity index (χ3n) is 3.20. The van der Waals surface area contributed by atoms with Crippen molar-refractivity contribution in [3.63, 3.8) is 0 Å². The van der Waals surface area contributed by atoms with Gasteiger partial charge in [-0.2, -0.15) is 0 Å². The van der Waals surface area contributed by atoms with E-state index in [1.54, 1.807) is 0 Å². The maximum atomic E-state index is 5.85. The Morgan fingerprint density at radius 1 is 1.20 bits per heavy atom. The molecule has 0 amide bonds. The highest BCUT2D eigenvalue weighted by Crippen LogP contribution is 2.30. The van der Waals surface area contributed by atoms with Crippen LogP contribution in [0.15, 0.2) is 40.5 Å². The van der Waals surface area contributed by atoms with Gasteiger partial charge in [-0.25, -0.2) is 9.97 Å². The topological polar surface area (TPSA) is 67.6 Å². The second-order valence-corrected chi connectivity index (χ2v) is 5.71. The van der Waals surface area contributed by atoms with Crippen LogP contribution in [-0.2, 0) is 6.54 Å². The summed E-state index contributed by atoms with van der Waals surface area (Å²) in [6, 6.07) is 10.1. The first kappa shape index (κ1) is 13.1. The molecule has 2 aromatic heterocycles. The maximum Gasteiger partial charge on any atom is 0.172 e. The standard InChI is InChI=1S/C15H16N4S/c1-9-7-10(2)17-14(11(9)8-16)20-15-18-12-5-3-4-6-13(12)19-15/h3-7H,8,16H2,1-2H3,(H,18,19). The molecule has 0 unspecified atom stereocenters. The first-order valence-electron chi connectivity index (χ1n) is 6.47. The molecule has 4 nitrogen and oxygen atoms in total. The lowest BCUT2D eigenvalue weighted by molar-refractivity contribution is 0.917. The number of hydrogen-bond donors (Lipinski definition) is 2. The fraction of sp³-hybridized carbons (Fsp3) is 0.200. The van der Waals surface area contributed by atoms with Gasteiger partial charge in [0, 0.05) is 17.8 Å². The highest BCUT2D eigenvalue weighted by molar-refractivity contribution is 7.99. The summed E-state index contributed by atoms with van der Waals surface area (Å²) in [6.45, 7) is 4.55. The van der Waals surface area contributed by atoms with Crippen LogP contribution >= 0.6 is 11.8 Å². The number of fused-ring (bicyclic) bond motifs is 1. The summed E-state index contributed by atoms with van der Waals surface area (Å²) in [5.74, 6) is 0. The van der Waals surface area contributed by atoms with Gasteiger partial charge in [-0.15, -0.1) is 0 Å². The van der Waals surface area contributed by atoms with Crippen molar-refractivity contribution in [3.05, 3.63) is 47.2 Å². The number of imidazole rings is 1. The van der Waals surface area contributed by atoms with Crippen LogP contribution < -0.4 is 5.73 Å². The van der Waals surface area contributed by atoms with E-state index in [-0.39, 0.29) is 0 Å². The van der Waals surface area contributed by atoms with Crippen LogP contribution in [0.3, 0.4) is 0 Å². The average Bonchev–Trinajstić information content (AvgIpc) is 2.80. The van der Waals surface area contributed by atoms with E-state index in [2.05, 4.69) is 27.9 Å². The normalized spacial score (nSPS) is 11.2. The number of hydrogen-bond acceptors (Lipinski definition) is 4. The molecular weight excluding hydrogens is 268 g/mol. The zero-order valence-corrected chi connectivity index (χ0v) is 12.3. The second kappa shape index (κ2) is 5.26. The van der Waals surface area contributed by atoms with Gasteiger partial charge in [0.15, 0.2) is 5.16 Å². The summed E-state index contributed by atoms with van der Waals surface area (Å²) in [6.07, 6.45) is 0. The van der Waals surface area contributed by atoms with E-state index in [0.717, 1.165) is 32.5 Å². The minimum atomic E-state index is 0.488. The van der Waals surface area contributed by atoms with Crippen molar-refractivity contribution < 1.29 is 0 Å². The van der Waals surface area contributed by atoms with Crippen molar-refractivity contribution in [3.8, 4) is 0 Å². The molecule has 0 aliphatic rings. The fourth-order valence-corrected chi connectivity index (χ4v) is 3.28. The Hall–Kier alpha value is -1.85. The second-order valence-electron chi connectivity index (χ2n) is 4.73. The van der Waals surface area contributed by atoms with Crippen molar-refractivity contribution in [1.29, 1.82) is 0 Å². The molecule has 0 radical (unpaired) electrons. The molecule has 0 aliphatic heterocycles. The van der Waals surface area contributed by atoms with E-state index in [0.29, 0.717) is 6.54 Å². The predicted octanol–water partition coefficient (Wildman–Crippen LogP) is 3.18. The Balaban J connectivity index is 2.02. The van der Waals surface area contributed by atoms with Gasteiger partial charge in [-0.05, 0) is 49.4 Å². The molecule has 3 aromatic rings. The Morgan fingerprint density at radius 2 is 2.00 bits per heavy atom. The van der Waals surface area contributed by atoms with E-state index in [1.807, 2.05) is 31.2 Å². The Morgan fingerprint density at radius 3 is 2.75 bits per heavy atom. The smallest absolute Gasteiger partial charge is 0.172 e. The molecule has 0 saturated carbocycles. The minimum absolute atomic E-state index is 0.488. The summed E-state index contributed by atoms with van der Waals surface area (Å²) >= 11 is 1.54. The zero-order valence-electron chi connectivity index (χ0n) is 11.5.